The normalized spacial score (nSPS) is 11.5. The number of benzene rings is 2. The van der Waals surface area contributed by atoms with Crippen molar-refractivity contribution in [2.24, 2.45) is 5.10 Å². The number of hydrogen-bond acceptors (Lipinski definition) is 6. The van der Waals surface area contributed by atoms with Crippen LogP contribution in [0.3, 0.4) is 0 Å². The largest absolute Gasteiger partial charge is 0.504 e. The number of hydrazone groups is 1. The van der Waals surface area contributed by atoms with Gasteiger partial charge >= 0.3 is 6.18 Å². The standard InChI is InChI=1S/C15H12F3N3O4/c1-25-14-6-9(2-5-13(14)22)8-19-20-11-4-3-10(15(16,17)18)7-12(11)21(23)24/h2-8,20,22H,1H3. The SMILES string of the molecule is COc1cc(C=NNc2ccc(C(F)(F)F)cc2[N+](=O)[O-])ccc1O. The van der Waals surface area contributed by atoms with Crippen LogP contribution in [0.1, 0.15) is 11.1 Å². The van der Waals surface area contributed by atoms with Crippen molar-refractivity contribution in [2.45, 2.75) is 6.18 Å². The van der Waals surface area contributed by atoms with Gasteiger partial charge in [0.2, 0.25) is 0 Å². The molecule has 0 fully saturated rings. The molecule has 0 aliphatic heterocycles. The number of nitrogens with zero attached hydrogens (tertiary/aromatic N) is 2. The number of nitro benzene ring substituents is 1. The molecule has 0 radical (unpaired) electrons. The van der Waals surface area contributed by atoms with Gasteiger partial charge in [0.15, 0.2) is 11.5 Å². The molecule has 0 aliphatic carbocycles. The summed E-state index contributed by atoms with van der Waals surface area (Å²) in [6, 6.07) is 6.40. The maximum atomic E-state index is 12.6. The third-order valence-electron chi connectivity index (χ3n) is 3.12. The van der Waals surface area contributed by atoms with E-state index >= 15 is 0 Å². The third-order valence-corrected chi connectivity index (χ3v) is 3.12. The second-order valence-electron chi connectivity index (χ2n) is 4.79. The average Bonchev–Trinajstić information content (AvgIpc) is 2.55. The van der Waals surface area contributed by atoms with E-state index in [9.17, 15) is 28.4 Å². The number of halogens is 3. The molecule has 0 aliphatic rings. The number of methoxy groups -OCH3 is 1. The number of anilines is 1. The summed E-state index contributed by atoms with van der Waals surface area (Å²) in [5.74, 6) is 0.121. The Morgan fingerprint density at radius 3 is 2.60 bits per heavy atom. The summed E-state index contributed by atoms with van der Waals surface area (Å²) in [4.78, 5) is 10.0. The van der Waals surface area contributed by atoms with Crippen molar-refractivity contribution < 1.29 is 27.9 Å². The van der Waals surface area contributed by atoms with Gasteiger partial charge in [0.1, 0.15) is 5.69 Å². The molecule has 2 aromatic rings. The molecule has 2 N–H and O–H groups in total. The Balaban J connectivity index is 2.24. The Kier molecular flexibility index (Phi) is 5.11. The lowest BCUT2D eigenvalue weighted by Crippen LogP contribution is -2.06. The maximum absolute atomic E-state index is 12.6. The van der Waals surface area contributed by atoms with Crippen LogP contribution < -0.4 is 10.2 Å². The first-order chi connectivity index (χ1) is 11.7. The summed E-state index contributed by atoms with van der Waals surface area (Å²) in [5, 5.41) is 24.2. The molecule has 0 heterocycles. The van der Waals surface area contributed by atoms with Crippen LogP contribution in [0, 0.1) is 10.1 Å². The topological polar surface area (TPSA) is 97.0 Å². The van der Waals surface area contributed by atoms with Gasteiger partial charge in [0, 0.05) is 6.07 Å². The highest BCUT2D eigenvalue weighted by Gasteiger charge is 2.33. The van der Waals surface area contributed by atoms with Gasteiger partial charge in [-0.25, -0.2) is 0 Å². The quantitative estimate of drug-likeness (QED) is 0.483. The lowest BCUT2D eigenvalue weighted by atomic mass is 10.1. The number of alkyl halides is 3. The van der Waals surface area contributed by atoms with E-state index in [1.165, 1.54) is 31.5 Å². The monoisotopic (exact) mass is 355 g/mol. The summed E-state index contributed by atoms with van der Waals surface area (Å²) in [7, 11) is 1.36. The van der Waals surface area contributed by atoms with E-state index in [0.29, 0.717) is 17.7 Å². The Bertz CT molecular complexity index is 822. The van der Waals surface area contributed by atoms with E-state index in [1.807, 2.05) is 0 Å². The van der Waals surface area contributed by atoms with E-state index < -0.39 is 22.4 Å². The first-order valence-corrected chi connectivity index (χ1v) is 6.74. The van der Waals surface area contributed by atoms with Crippen LogP contribution >= 0.6 is 0 Å². The first-order valence-electron chi connectivity index (χ1n) is 6.74. The molecule has 0 amide bonds. The number of aromatic hydroxyl groups is 1. The molecule has 2 rings (SSSR count). The molecule has 7 nitrogen and oxygen atoms in total. The van der Waals surface area contributed by atoms with E-state index in [1.54, 1.807) is 0 Å². The van der Waals surface area contributed by atoms with Crippen LogP contribution in [0.25, 0.3) is 0 Å². The number of phenolic OH excluding ortho intramolecular Hbond substituents is 1. The Hall–Kier alpha value is -3.30. The molecule has 0 atom stereocenters. The van der Waals surface area contributed by atoms with Gasteiger partial charge in [-0.2, -0.15) is 18.3 Å². The average molecular weight is 355 g/mol. The number of phenols is 1. The predicted molar refractivity (Wildman–Crippen MR) is 84.0 cm³/mol. The van der Waals surface area contributed by atoms with E-state index in [4.69, 9.17) is 4.74 Å². The molecular weight excluding hydrogens is 343 g/mol. The molecule has 25 heavy (non-hydrogen) atoms. The van der Waals surface area contributed by atoms with E-state index in [0.717, 1.165) is 6.07 Å². The minimum Gasteiger partial charge on any atom is -0.504 e. The van der Waals surface area contributed by atoms with Crippen LogP contribution in [0.4, 0.5) is 24.5 Å². The highest BCUT2D eigenvalue weighted by atomic mass is 19.4. The van der Waals surface area contributed by atoms with Gasteiger partial charge in [-0.05, 0) is 35.9 Å². The minimum absolute atomic E-state index is 0.0778. The maximum Gasteiger partial charge on any atom is 0.416 e. The van der Waals surface area contributed by atoms with Crippen LogP contribution in [0.5, 0.6) is 11.5 Å². The van der Waals surface area contributed by atoms with Gasteiger partial charge in [-0.1, -0.05) is 0 Å². The lowest BCUT2D eigenvalue weighted by molar-refractivity contribution is -0.384. The highest BCUT2D eigenvalue weighted by molar-refractivity contribution is 5.81. The van der Waals surface area contributed by atoms with Crippen LogP contribution in [-0.2, 0) is 6.18 Å². The molecular formula is C15H12F3N3O4. The molecule has 0 aromatic heterocycles. The van der Waals surface area contributed by atoms with Gasteiger partial charge in [0.05, 0.1) is 23.8 Å². The minimum atomic E-state index is -4.69. The molecule has 0 unspecified atom stereocenters. The predicted octanol–water partition coefficient (Wildman–Crippen LogP) is 3.77. The molecule has 2 aromatic carbocycles. The number of hydrogen-bond donors (Lipinski definition) is 2. The van der Waals surface area contributed by atoms with Gasteiger partial charge < -0.3 is 9.84 Å². The van der Waals surface area contributed by atoms with Crippen molar-refractivity contribution in [1.29, 1.82) is 0 Å². The van der Waals surface area contributed by atoms with E-state index in [2.05, 4.69) is 10.5 Å². The zero-order valence-corrected chi connectivity index (χ0v) is 12.7. The van der Waals surface area contributed by atoms with Crippen LogP contribution in [0.2, 0.25) is 0 Å². The molecule has 0 bridgehead atoms. The number of nitro groups is 1. The number of rotatable bonds is 5. The molecule has 0 spiro atoms. The second kappa shape index (κ2) is 7.07. The summed E-state index contributed by atoms with van der Waals surface area (Å²) < 4.78 is 42.8. The fraction of sp³-hybridized carbons (Fsp3) is 0.133. The van der Waals surface area contributed by atoms with Crippen molar-refractivity contribution in [3.63, 3.8) is 0 Å². The zero-order chi connectivity index (χ0) is 18.6. The molecule has 0 saturated carbocycles. The first kappa shape index (κ1) is 18.0. The fourth-order valence-electron chi connectivity index (χ4n) is 1.90. The lowest BCUT2D eigenvalue weighted by Gasteiger charge is -2.08. The number of nitrogens with one attached hydrogen (secondary N) is 1. The summed E-state index contributed by atoms with van der Waals surface area (Å²) in [5.41, 5.74) is 0.751. The summed E-state index contributed by atoms with van der Waals surface area (Å²) >= 11 is 0. The summed E-state index contributed by atoms with van der Waals surface area (Å²) in [6.07, 6.45) is -3.42. The van der Waals surface area contributed by atoms with Gasteiger partial charge in [-0.3, -0.25) is 15.5 Å². The van der Waals surface area contributed by atoms with Crippen molar-refractivity contribution in [2.75, 3.05) is 12.5 Å². The second-order valence-corrected chi connectivity index (χ2v) is 4.79. The van der Waals surface area contributed by atoms with Gasteiger partial charge in [0.25, 0.3) is 5.69 Å². The Morgan fingerprint density at radius 1 is 1.28 bits per heavy atom. The van der Waals surface area contributed by atoms with Crippen molar-refractivity contribution in [3.8, 4) is 11.5 Å². The Morgan fingerprint density at radius 2 is 2.00 bits per heavy atom. The highest BCUT2D eigenvalue weighted by Crippen LogP contribution is 2.35. The van der Waals surface area contributed by atoms with Crippen molar-refractivity contribution in [3.05, 3.63) is 57.6 Å². The fourth-order valence-corrected chi connectivity index (χ4v) is 1.90. The van der Waals surface area contributed by atoms with Crippen LogP contribution in [0.15, 0.2) is 41.5 Å². The summed E-state index contributed by atoms with van der Waals surface area (Å²) in [6.45, 7) is 0. The van der Waals surface area contributed by atoms with Crippen LogP contribution in [-0.4, -0.2) is 23.4 Å². The smallest absolute Gasteiger partial charge is 0.416 e. The number of ether oxygens (including phenoxy) is 1. The molecule has 0 saturated heterocycles. The van der Waals surface area contributed by atoms with Gasteiger partial charge in [-0.15, -0.1) is 0 Å². The third kappa shape index (κ3) is 4.37. The molecule has 132 valence electrons. The van der Waals surface area contributed by atoms with E-state index in [-0.39, 0.29) is 17.2 Å². The zero-order valence-electron chi connectivity index (χ0n) is 12.7. The van der Waals surface area contributed by atoms with Crippen molar-refractivity contribution >= 4 is 17.6 Å². The van der Waals surface area contributed by atoms with Crippen molar-refractivity contribution in [1.82, 2.24) is 0 Å². The Labute approximate surface area is 139 Å². The molecule has 10 heteroatoms.